The number of allylic oxidation sites excluding steroid dienone is 2. The summed E-state index contributed by atoms with van der Waals surface area (Å²) in [5.74, 6) is -5.75. The molecular formula is C28H24BCl2IN2O8. The van der Waals surface area contributed by atoms with Crippen LogP contribution < -0.4 is 15.1 Å². The van der Waals surface area contributed by atoms with Crippen LogP contribution in [-0.4, -0.2) is 74.7 Å². The average Bonchev–Trinajstić information content (AvgIpc) is 3.29. The second-order valence-corrected chi connectivity index (χ2v) is 13.4. The highest BCUT2D eigenvalue weighted by molar-refractivity contribution is 14.1. The highest BCUT2D eigenvalue weighted by Crippen LogP contribution is 2.65. The predicted octanol–water partition coefficient (Wildman–Crippen LogP) is 1.88. The smallest absolute Gasteiger partial charge is 0.488 e. The molecule has 4 aliphatic rings. The molecule has 4 amide bonds. The minimum Gasteiger partial charge on any atom is -0.504 e. The molecule has 2 aromatic rings. The van der Waals surface area contributed by atoms with E-state index >= 15 is 0 Å². The number of phenols is 1. The second kappa shape index (κ2) is 9.95. The Morgan fingerprint density at radius 2 is 1.76 bits per heavy atom. The molecular weight excluding hydrogens is 701 g/mol. The SMILES string of the molecule is COc1cc(C2C3=CCC4C(=O)N(c5cccc(B(O)O)c5)C(=O)C4C3CC3(Cl)C(=O)N(C)C(=O)C23Cl)cc(I)c1O. The molecule has 10 nitrogen and oxygen atoms in total. The molecule has 14 heteroatoms. The highest BCUT2D eigenvalue weighted by Gasteiger charge is 2.76. The maximum Gasteiger partial charge on any atom is 0.488 e. The Morgan fingerprint density at radius 1 is 1.05 bits per heavy atom. The lowest BCUT2D eigenvalue weighted by Gasteiger charge is -2.50. The Kier molecular flexibility index (Phi) is 6.97. The number of rotatable bonds is 4. The summed E-state index contributed by atoms with van der Waals surface area (Å²) >= 11 is 16.3. The quantitative estimate of drug-likeness (QED) is 0.143. The summed E-state index contributed by atoms with van der Waals surface area (Å²) in [5, 5.41) is 29.8. The number of anilines is 1. The number of amides is 4. The molecule has 0 aromatic heterocycles. The van der Waals surface area contributed by atoms with Gasteiger partial charge in [0.25, 0.3) is 11.8 Å². The number of fused-ring (bicyclic) bond motifs is 4. The van der Waals surface area contributed by atoms with Gasteiger partial charge in [-0.15, -0.1) is 23.2 Å². The van der Waals surface area contributed by atoms with Gasteiger partial charge < -0.3 is 19.9 Å². The number of ether oxygens (including phenoxy) is 1. The van der Waals surface area contributed by atoms with Crippen molar-refractivity contribution in [3.63, 3.8) is 0 Å². The van der Waals surface area contributed by atoms with Crippen molar-refractivity contribution in [3.8, 4) is 11.5 Å². The Morgan fingerprint density at radius 3 is 2.43 bits per heavy atom. The zero-order chi connectivity index (χ0) is 30.5. The molecule has 218 valence electrons. The van der Waals surface area contributed by atoms with Crippen LogP contribution in [0.5, 0.6) is 11.5 Å². The number of carbonyl (C=O) groups is 4. The number of halogens is 3. The fraction of sp³-hybridized carbons (Fsp3) is 0.357. The molecule has 2 aliphatic carbocycles. The summed E-state index contributed by atoms with van der Waals surface area (Å²) in [6, 6.07) is 9.04. The first-order valence-corrected chi connectivity index (χ1v) is 14.9. The number of aromatic hydroxyl groups is 1. The van der Waals surface area contributed by atoms with E-state index in [1.165, 1.54) is 44.5 Å². The number of hydrogen-bond donors (Lipinski definition) is 3. The number of likely N-dealkylation sites (tertiary alicyclic amines) is 1. The third-order valence-corrected chi connectivity index (χ3v) is 11.3. The van der Waals surface area contributed by atoms with Gasteiger partial charge >= 0.3 is 7.12 Å². The summed E-state index contributed by atoms with van der Waals surface area (Å²) in [5.41, 5.74) is 1.36. The summed E-state index contributed by atoms with van der Waals surface area (Å²) in [4.78, 5) is 53.1. The lowest BCUT2D eigenvalue weighted by Crippen LogP contribution is -2.60. The Balaban J connectivity index is 1.52. The number of benzene rings is 2. The molecule has 0 radical (unpaired) electrons. The van der Waals surface area contributed by atoms with Gasteiger partial charge in [-0.05, 0) is 76.6 Å². The number of methoxy groups -OCH3 is 1. The monoisotopic (exact) mass is 724 g/mol. The van der Waals surface area contributed by atoms with Gasteiger partial charge in [0.1, 0.15) is 0 Å². The summed E-state index contributed by atoms with van der Waals surface area (Å²) in [7, 11) is 0.893. The fourth-order valence-corrected chi connectivity index (χ4v) is 8.76. The van der Waals surface area contributed by atoms with Crippen molar-refractivity contribution in [3.05, 3.63) is 57.2 Å². The van der Waals surface area contributed by atoms with Gasteiger partial charge in [0.2, 0.25) is 11.8 Å². The largest absolute Gasteiger partial charge is 0.504 e. The van der Waals surface area contributed by atoms with E-state index in [2.05, 4.69) is 0 Å². The molecule has 2 aromatic carbocycles. The first kappa shape index (κ1) is 29.4. The first-order valence-electron chi connectivity index (χ1n) is 13.1. The van der Waals surface area contributed by atoms with E-state index in [9.17, 15) is 34.3 Å². The van der Waals surface area contributed by atoms with Gasteiger partial charge in [0.15, 0.2) is 21.2 Å². The number of alkyl halides is 2. The number of nitrogens with zero attached hydrogens (tertiary/aromatic N) is 2. The average molecular weight is 725 g/mol. The molecule has 1 saturated carbocycles. The highest BCUT2D eigenvalue weighted by atomic mass is 127. The molecule has 6 atom stereocenters. The molecule has 2 aliphatic heterocycles. The Bertz CT molecular complexity index is 1620. The molecule has 6 rings (SSSR count). The van der Waals surface area contributed by atoms with Crippen molar-refractivity contribution < 1.29 is 39.1 Å². The molecule has 6 unspecified atom stereocenters. The minimum absolute atomic E-state index is 0.110. The zero-order valence-corrected chi connectivity index (χ0v) is 25.9. The summed E-state index contributed by atoms with van der Waals surface area (Å²) < 4.78 is 5.78. The summed E-state index contributed by atoms with van der Waals surface area (Å²) in [6.07, 6.45) is 1.82. The van der Waals surface area contributed by atoms with Crippen LogP contribution in [0.25, 0.3) is 0 Å². The molecule has 0 bridgehead atoms. The van der Waals surface area contributed by atoms with Crippen LogP contribution in [0.2, 0.25) is 0 Å². The lowest BCUT2D eigenvalue weighted by atomic mass is 9.56. The van der Waals surface area contributed by atoms with Crippen LogP contribution in [0.1, 0.15) is 24.3 Å². The number of hydrogen-bond acceptors (Lipinski definition) is 8. The van der Waals surface area contributed by atoms with Gasteiger partial charge in [-0.1, -0.05) is 23.8 Å². The molecule has 42 heavy (non-hydrogen) atoms. The van der Waals surface area contributed by atoms with Crippen LogP contribution in [-0.2, 0) is 19.2 Å². The molecule has 2 saturated heterocycles. The van der Waals surface area contributed by atoms with Crippen molar-refractivity contribution in [2.45, 2.75) is 28.5 Å². The van der Waals surface area contributed by atoms with E-state index in [4.69, 9.17) is 27.9 Å². The van der Waals surface area contributed by atoms with E-state index in [0.717, 1.165) is 9.80 Å². The maximum atomic E-state index is 14.1. The van der Waals surface area contributed by atoms with Crippen LogP contribution in [0.4, 0.5) is 5.69 Å². The van der Waals surface area contributed by atoms with Crippen molar-refractivity contribution in [2.75, 3.05) is 19.1 Å². The lowest BCUT2D eigenvalue weighted by molar-refractivity contribution is -0.138. The van der Waals surface area contributed by atoms with E-state index < -0.39 is 64.2 Å². The number of imide groups is 2. The van der Waals surface area contributed by atoms with E-state index in [1.54, 1.807) is 6.07 Å². The van der Waals surface area contributed by atoms with Gasteiger partial charge in [-0.3, -0.25) is 29.0 Å². The van der Waals surface area contributed by atoms with Crippen molar-refractivity contribution in [1.29, 1.82) is 0 Å². The van der Waals surface area contributed by atoms with Gasteiger partial charge in [0.05, 0.1) is 28.2 Å². The first-order chi connectivity index (χ1) is 19.8. The maximum absolute atomic E-state index is 14.1. The molecule has 2 heterocycles. The Labute approximate surface area is 264 Å². The predicted molar refractivity (Wildman–Crippen MR) is 162 cm³/mol. The van der Waals surface area contributed by atoms with Crippen molar-refractivity contribution >= 4 is 87.7 Å². The number of carbonyl (C=O) groups excluding carboxylic acids is 4. The Hall–Kier alpha value is -2.65. The van der Waals surface area contributed by atoms with Crippen molar-refractivity contribution in [1.82, 2.24) is 4.90 Å². The van der Waals surface area contributed by atoms with Crippen molar-refractivity contribution in [2.24, 2.45) is 17.8 Å². The topological polar surface area (TPSA) is 145 Å². The van der Waals surface area contributed by atoms with Gasteiger partial charge in [-0.2, -0.15) is 0 Å². The van der Waals surface area contributed by atoms with E-state index in [1.807, 2.05) is 28.7 Å². The summed E-state index contributed by atoms with van der Waals surface area (Å²) in [6.45, 7) is 0. The second-order valence-electron chi connectivity index (χ2n) is 11.0. The molecule has 0 spiro atoms. The third kappa shape index (κ3) is 3.78. The number of phenolic OH excluding ortho intramolecular Hbond substituents is 1. The van der Waals surface area contributed by atoms with Crippen LogP contribution in [0, 0.1) is 21.3 Å². The molecule has 3 fully saturated rings. The van der Waals surface area contributed by atoms with E-state index in [0.29, 0.717) is 14.7 Å². The van der Waals surface area contributed by atoms with Gasteiger partial charge in [-0.25, -0.2) is 0 Å². The van der Waals surface area contributed by atoms with Gasteiger partial charge in [0, 0.05) is 13.0 Å². The van der Waals surface area contributed by atoms with Crippen LogP contribution >= 0.6 is 45.8 Å². The van der Waals surface area contributed by atoms with Crippen LogP contribution in [0.15, 0.2) is 48.0 Å². The van der Waals surface area contributed by atoms with E-state index in [-0.39, 0.29) is 35.5 Å². The molecule has 3 N–H and O–H groups in total. The standard InChI is InChI=1S/C28H24BCl2IN2O8/c1-33-25(38)27(30)11-17-15(21(28(27,31)26(33)39)12-8-18(32)22(35)19(9-12)42-2)6-7-16-20(17)24(37)34(23(16)36)14-5-3-4-13(10-14)29(40)41/h3-6,8-10,16-17,20-21,35,40-41H,7,11H2,1-2H3. The van der Waals surface area contributed by atoms with Crippen LogP contribution in [0.3, 0.4) is 0 Å². The minimum atomic E-state index is -1.96. The third-order valence-electron chi connectivity index (χ3n) is 9.04. The fourth-order valence-electron chi connectivity index (χ4n) is 7.11. The zero-order valence-electron chi connectivity index (χ0n) is 22.3. The normalized spacial score (nSPS) is 32.0.